The van der Waals surface area contributed by atoms with Crippen LogP contribution in [0.1, 0.15) is 11.1 Å². The van der Waals surface area contributed by atoms with Crippen LogP contribution in [0.25, 0.3) is 0 Å². The van der Waals surface area contributed by atoms with Gasteiger partial charge in [0.1, 0.15) is 0 Å². The van der Waals surface area contributed by atoms with Crippen molar-refractivity contribution >= 4 is 11.6 Å². The van der Waals surface area contributed by atoms with Crippen molar-refractivity contribution in [1.82, 2.24) is 10.6 Å². The standard InChI is InChI=1S/C22H28N4O2/c1-23-22(25-16-18-8-11-20(27-2)21(14-18)28-3)24-15-17-6-9-19(10-7-17)26-12-4-5-13-26/h4-11,14H,12-13,15-16H2,1-3H3,(H2,23,24,25). The molecule has 6 nitrogen and oxygen atoms in total. The molecule has 148 valence electrons. The molecule has 0 saturated carbocycles. The van der Waals surface area contributed by atoms with Gasteiger partial charge in [0.05, 0.1) is 14.2 Å². The number of rotatable bonds is 7. The molecule has 0 amide bonds. The molecule has 0 atom stereocenters. The number of guanidine groups is 1. The summed E-state index contributed by atoms with van der Waals surface area (Å²) in [6.45, 7) is 3.33. The maximum absolute atomic E-state index is 5.36. The van der Waals surface area contributed by atoms with Crippen molar-refractivity contribution in [2.45, 2.75) is 13.1 Å². The first-order valence-electron chi connectivity index (χ1n) is 9.38. The molecule has 0 fully saturated rings. The van der Waals surface area contributed by atoms with E-state index in [-0.39, 0.29) is 0 Å². The summed E-state index contributed by atoms with van der Waals surface area (Å²) in [7, 11) is 5.05. The quantitative estimate of drug-likeness (QED) is 0.439. The number of aliphatic imine (C=N–C) groups is 1. The largest absolute Gasteiger partial charge is 0.493 e. The second-order valence-corrected chi connectivity index (χ2v) is 6.51. The van der Waals surface area contributed by atoms with Crippen LogP contribution in [0.5, 0.6) is 11.5 Å². The van der Waals surface area contributed by atoms with Crippen LogP contribution in [0, 0.1) is 0 Å². The molecular weight excluding hydrogens is 352 g/mol. The molecule has 2 N–H and O–H groups in total. The van der Waals surface area contributed by atoms with Crippen molar-refractivity contribution in [1.29, 1.82) is 0 Å². The fraction of sp³-hybridized carbons (Fsp3) is 0.318. The molecule has 1 aliphatic rings. The van der Waals surface area contributed by atoms with Crippen LogP contribution >= 0.6 is 0 Å². The van der Waals surface area contributed by atoms with Crippen molar-refractivity contribution in [2.24, 2.45) is 4.99 Å². The van der Waals surface area contributed by atoms with E-state index in [9.17, 15) is 0 Å². The summed E-state index contributed by atoms with van der Waals surface area (Å²) in [5, 5.41) is 6.68. The van der Waals surface area contributed by atoms with Crippen molar-refractivity contribution in [3.8, 4) is 11.5 Å². The van der Waals surface area contributed by atoms with Crippen molar-refractivity contribution in [3.05, 3.63) is 65.7 Å². The Labute approximate surface area is 166 Å². The third kappa shape index (κ3) is 4.97. The Morgan fingerprint density at radius 1 is 0.893 bits per heavy atom. The van der Waals surface area contributed by atoms with Crippen molar-refractivity contribution in [2.75, 3.05) is 39.3 Å². The van der Waals surface area contributed by atoms with E-state index in [0.717, 1.165) is 36.1 Å². The molecule has 2 aromatic rings. The highest BCUT2D eigenvalue weighted by Crippen LogP contribution is 2.27. The van der Waals surface area contributed by atoms with Gasteiger partial charge in [-0.2, -0.15) is 0 Å². The van der Waals surface area contributed by atoms with Gasteiger partial charge in [-0.25, -0.2) is 0 Å². The summed E-state index contributed by atoms with van der Waals surface area (Å²) in [4.78, 5) is 6.63. The maximum Gasteiger partial charge on any atom is 0.191 e. The molecule has 28 heavy (non-hydrogen) atoms. The van der Waals surface area contributed by atoms with E-state index in [4.69, 9.17) is 9.47 Å². The van der Waals surface area contributed by atoms with Gasteiger partial charge in [-0.05, 0) is 35.4 Å². The summed E-state index contributed by atoms with van der Waals surface area (Å²) in [5.74, 6) is 2.20. The fourth-order valence-electron chi connectivity index (χ4n) is 3.10. The topological polar surface area (TPSA) is 58.1 Å². The van der Waals surface area contributed by atoms with Gasteiger partial charge < -0.3 is 25.0 Å². The molecular formula is C22H28N4O2. The number of nitrogens with one attached hydrogen (secondary N) is 2. The zero-order chi connectivity index (χ0) is 19.8. The van der Waals surface area contributed by atoms with Crippen LogP contribution in [0.4, 0.5) is 5.69 Å². The zero-order valence-corrected chi connectivity index (χ0v) is 16.7. The molecule has 0 aliphatic carbocycles. The molecule has 0 radical (unpaired) electrons. The summed E-state index contributed by atoms with van der Waals surface area (Å²) in [6.07, 6.45) is 4.40. The number of anilines is 1. The molecule has 2 aromatic carbocycles. The Bertz CT molecular complexity index is 823. The first-order chi connectivity index (χ1) is 13.7. The van der Waals surface area contributed by atoms with Gasteiger partial charge in [0.25, 0.3) is 0 Å². The van der Waals surface area contributed by atoms with E-state index in [2.05, 4.69) is 56.9 Å². The van der Waals surface area contributed by atoms with Crippen LogP contribution in [0.2, 0.25) is 0 Å². The van der Waals surface area contributed by atoms with Crippen LogP contribution < -0.4 is 25.0 Å². The Hall–Kier alpha value is -3.15. The highest BCUT2D eigenvalue weighted by Gasteiger charge is 2.08. The van der Waals surface area contributed by atoms with E-state index < -0.39 is 0 Å². The molecule has 1 heterocycles. The van der Waals surface area contributed by atoms with E-state index in [1.54, 1.807) is 21.3 Å². The van der Waals surface area contributed by atoms with Gasteiger partial charge in [-0.1, -0.05) is 30.4 Å². The SMILES string of the molecule is CN=C(NCc1ccc(N2CC=CC2)cc1)NCc1ccc(OC)c(OC)c1. The lowest BCUT2D eigenvalue weighted by Gasteiger charge is -2.18. The third-order valence-corrected chi connectivity index (χ3v) is 4.71. The number of hydrogen-bond donors (Lipinski definition) is 2. The molecule has 0 bridgehead atoms. The lowest BCUT2D eigenvalue weighted by molar-refractivity contribution is 0.354. The molecule has 0 aromatic heterocycles. The highest BCUT2D eigenvalue weighted by atomic mass is 16.5. The van der Waals surface area contributed by atoms with Gasteiger partial charge in [0.15, 0.2) is 17.5 Å². The highest BCUT2D eigenvalue weighted by molar-refractivity contribution is 5.79. The normalized spacial score (nSPS) is 13.5. The number of methoxy groups -OCH3 is 2. The number of nitrogens with zero attached hydrogens (tertiary/aromatic N) is 2. The molecule has 3 rings (SSSR count). The minimum absolute atomic E-state index is 0.640. The summed E-state index contributed by atoms with van der Waals surface area (Å²) in [5.41, 5.74) is 3.55. The summed E-state index contributed by atoms with van der Waals surface area (Å²) in [6, 6.07) is 14.5. The average Bonchev–Trinajstić information content (AvgIpc) is 3.29. The fourth-order valence-corrected chi connectivity index (χ4v) is 3.10. The molecule has 6 heteroatoms. The van der Waals surface area contributed by atoms with Crippen molar-refractivity contribution in [3.63, 3.8) is 0 Å². The number of hydrogen-bond acceptors (Lipinski definition) is 4. The second-order valence-electron chi connectivity index (χ2n) is 6.51. The van der Waals surface area contributed by atoms with Gasteiger partial charge in [-0.3, -0.25) is 4.99 Å². The van der Waals surface area contributed by atoms with E-state index >= 15 is 0 Å². The number of benzene rings is 2. The Morgan fingerprint density at radius 2 is 1.50 bits per heavy atom. The molecule has 0 unspecified atom stereocenters. The smallest absolute Gasteiger partial charge is 0.191 e. The monoisotopic (exact) mass is 380 g/mol. The Morgan fingerprint density at radius 3 is 2.11 bits per heavy atom. The minimum atomic E-state index is 0.640. The second kappa shape index (κ2) is 9.69. The van der Waals surface area contributed by atoms with Crippen LogP contribution in [0.15, 0.2) is 59.6 Å². The van der Waals surface area contributed by atoms with E-state index in [1.165, 1.54) is 11.3 Å². The maximum atomic E-state index is 5.36. The first-order valence-corrected chi connectivity index (χ1v) is 9.38. The summed E-state index contributed by atoms with van der Waals surface area (Å²) >= 11 is 0. The van der Waals surface area contributed by atoms with Crippen LogP contribution in [0.3, 0.4) is 0 Å². The molecule has 0 saturated heterocycles. The molecule has 0 spiro atoms. The molecule has 1 aliphatic heterocycles. The van der Waals surface area contributed by atoms with Gasteiger partial charge in [0.2, 0.25) is 0 Å². The zero-order valence-electron chi connectivity index (χ0n) is 16.7. The van der Waals surface area contributed by atoms with Gasteiger partial charge in [-0.15, -0.1) is 0 Å². The van der Waals surface area contributed by atoms with Gasteiger partial charge >= 0.3 is 0 Å². The van der Waals surface area contributed by atoms with E-state index in [0.29, 0.717) is 13.1 Å². The Kier molecular flexibility index (Phi) is 6.78. The average molecular weight is 380 g/mol. The Balaban J connectivity index is 1.50. The van der Waals surface area contributed by atoms with Crippen LogP contribution in [-0.4, -0.2) is 40.3 Å². The van der Waals surface area contributed by atoms with Crippen molar-refractivity contribution < 1.29 is 9.47 Å². The van der Waals surface area contributed by atoms with E-state index in [1.807, 2.05) is 18.2 Å². The summed E-state index contributed by atoms with van der Waals surface area (Å²) < 4.78 is 10.6. The lowest BCUT2D eigenvalue weighted by atomic mass is 10.2. The van der Waals surface area contributed by atoms with Gasteiger partial charge in [0, 0.05) is 38.9 Å². The lowest BCUT2D eigenvalue weighted by Crippen LogP contribution is -2.36. The minimum Gasteiger partial charge on any atom is -0.493 e. The predicted molar refractivity (Wildman–Crippen MR) is 114 cm³/mol. The third-order valence-electron chi connectivity index (χ3n) is 4.71. The predicted octanol–water partition coefficient (Wildman–Crippen LogP) is 2.95. The first kappa shape index (κ1) is 19.6. The number of ether oxygens (including phenoxy) is 2. The van der Waals surface area contributed by atoms with Crippen LogP contribution in [-0.2, 0) is 13.1 Å².